The molecular formula is C21H25BrN2O2. The van der Waals surface area contributed by atoms with Gasteiger partial charge in [0.05, 0.1) is 18.2 Å². The normalized spacial score (nSPS) is 19.6. The Hall–Kier alpha value is -1.85. The summed E-state index contributed by atoms with van der Waals surface area (Å²) in [6, 6.07) is 13.9. The molecule has 1 unspecified atom stereocenters. The van der Waals surface area contributed by atoms with Gasteiger partial charge in [0, 0.05) is 11.0 Å². The summed E-state index contributed by atoms with van der Waals surface area (Å²) < 4.78 is 6.34. The molecule has 0 bridgehead atoms. The van der Waals surface area contributed by atoms with E-state index in [-0.39, 0.29) is 5.91 Å². The lowest BCUT2D eigenvalue weighted by Gasteiger charge is -2.31. The third kappa shape index (κ3) is 3.51. The Kier molecular flexibility index (Phi) is 5.68. The topological polar surface area (TPSA) is 50.4 Å². The molecule has 5 heteroatoms. The molecule has 1 saturated heterocycles. The van der Waals surface area contributed by atoms with Crippen molar-refractivity contribution in [2.45, 2.75) is 31.6 Å². The zero-order chi connectivity index (χ0) is 18.7. The van der Waals surface area contributed by atoms with Crippen LogP contribution in [0.15, 0.2) is 46.9 Å². The number of amides is 1. The molecule has 0 saturated carbocycles. The Bertz CT molecular complexity index is 798. The highest BCUT2D eigenvalue weighted by molar-refractivity contribution is 9.10. The summed E-state index contributed by atoms with van der Waals surface area (Å²) in [5, 5.41) is 6.49. The number of carbonyl (C=O) groups is 1. The first-order valence-electron chi connectivity index (χ1n) is 8.93. The van der Waals surface area contributed by atoms with Gasteiger partial charge >= 0.3 is 0 Å². The lowest BCUT2D eigenvalue weighted by atomic mass is 9.74. The first-order valence-corrected chi connectivity index (χ1v) is 9.72. The minimum atomic E-state index is -0.570. The fourth-order valence-corrected chi connectivity index (χ4v) is 4.02. The Morgan fingerprint density at radius 2 is 2.04 bits per heavy atom. The van der Waals surface area contributed by atoms with E-state index in [9.17, 15) is 4.79 Å². The van der Waals surface area contributed by atoms with Gasteiger partial charge in [-0.3, -0.25) is 4.79 Å². The zero-order valence-corrected chi connectivity index (χ0v) is 17.0. The van der Waals surface area contributed by atoms with Gasteiger partial charge in [-0.15, -0.1) is 0 Å². The van der Waals surface area contributed by atoms with E-state index in [1.54, 1.807) is 7.11 Å². The van der Waals surface area contributed by atoms with Crippen molar-refractivity contribution in [1.82, 2.24) is 5.32 Å². The fraction of sp³-hybridized carbons (Fsp3) is 0.381. The zero-order valence-electron chi connectivity index (χ0n) is 15.4. The van der Waals surface area contributed by atoms with Gasteiger partial charge in [-0.2, -0.15) is 0 Å². The van der Waals surface area contributed by atoms with Crippen LogP contribution in [0.5, 0.6) is 5.75 Å². The van der Waals surface area contributed by atoms with E-state index in [0.29, 0.717) is 23.9 Å². The highest BCUT2D eigenvalue weighted by Gasteiger charge is 2.44. The Labute approximate surface area is 163 Å². The predicted octanol–water partition coefficient (Wildman–Crippen LogP) is 4.45. The maximum absolute atomic E-state index is 13.4. The number of nitrogens with one attached hydrogen (secondary N) is 2. The van der Waals surface area contributed by atoms with Crippen LogP contribution >= 0.6 is 15.9 Å². The van der Waals surface area contributed by atoms with Crippen molar-refractivity contribution in [3.63, 3.8) is 0 Å². The van der Waals surface area contributed by atoms with Crippen molar-refractivity contribution in [1.29, 1.82) is 0 Å². The lowest BCUT2D eigenvalue weighted by molar-refractivity contribution is -0.121. The van der Waals surface area contributed by atoms with Crippen LogP contribution in [-0.4, -0.2) is 26.1 Å². The molecule has 0 radical (unpaired) electrons. The number of carbonyl (C=O) groups excluding carboxylic acids is 1. The van der Waals surface area contributed by atoms with Crippen LogP contribution in [0, 0.1) is 0 Å². The molecular weight excluding hydrogens is 392 g/mol. The van der Waals surface area contributed by atoms with E-state index in [1.807, 2.05) is 30.3 Å². The first kappa shape index (κ1) is 18.9. The first-order chi connectivity index (χ1) is 12.5. The van der Waals surface area contributed by atoms with E-state index >= 15 is 0 Å². The van der Waals surface area contributed by atoms with Gasteiger partial charge in [0.15, 0.2) is 0 Å². The van der Waals surface area contributed by atoms with Crippen LogP contribution in [0.3, 0.4) is 0 Å². The van der Waals surface area contributed by atoms with Crippen molar-refractivity contribution in [2.75, 3.05) is 25.5 Å². The maximum Gasteiger partial charge on any atom is 0.236 e. The molecule has 4 nitrogen and oxygen atoms in total. The highest BCUT2D eigenvalue weighted by atomic mass is 79.9. The van der Waals surface area contributed by atoms with E-state index in [4.69, 9.17) is 4.74 Å². The molecule has 2 N–H and O–H groups in total. The third-order valence-corrected chi connectivity index (χ3v) is 5.59. The highest BCUT2D eigenvalue weighted by Crippen LogP contribution is 2.38. The number of halogens is 1. The molecule has 0 aromatic heterocycles. The van der Waals surface area contributed by atoms with Gasteiger partial charge in [0.25, 0.3) is 0 Å². The number of hydrogen-bond donors (Lipinski definition) is 2. The number of hydrogen-bond acceptors (Lipinski definition) is 3. The summed E-state index contributed by atoms with van der Waals surface area (Å²) in [6.45, 7) is 5.81. The third-order valence-electron chi connectivity index (χ3n) is 5.10. The average Bonchev–Trinajstić information content (AvgIpc) is 3.14. The molecule has 1 aliphatic rings. The molecule has 0 spiro atoms. The number of benzene rings is 2. The quantitative estimate of drug-likeness (QED) is 0.756. The smallest absolute Gasteiger partial charge is 0.236 e. The van der Waals surface area contributed by atoms with E-state index in [2.05, 4.69) is 52.5 Å². The molecule has 26 heavy (non-hydrogen) atoms. The SMILES string of the molecule is COc1cc(Br)ccc1NC(=O)C1(c2ccccc2C(C)C)CCNC1. The fourth-order valence-electron chi connectivity index (χ4n) is 3.68. The summed E-state index contributed by atoms with van der Waals surface area (Å²) in [5.74, 6) is 1.01. The molecule has 2 aromatic carbocycles. The Morgan fingerprint density at radius 1 is 1.27 bits per heavy atom. The van der Waals surface area contributed by atoms with Gasteiger partial charge < -0.3 is 15.4 Å². The summed E-state index contributed by atoms with van der Waals surface area (Å²) in [5.41, 5.74) is 2.47. The molecule has 1 amide bonds. The van der Waals surface area contributed by atoms with Crippen LogP contribution < -0.4 is 15.4 Å². The second-order valence-electron chi connectivity index (χ2n) is 7.05. The summed E-state index contributed by atoms with van der Waals surface area (Å²) in [6.07, 6.45) is 0.779. The molecule has 1 atom stereocenters. The van der Waals surface area contributed by atoms with Gasteiger partial charge in [0.1, 0.15) is 5.75 Å². The van der Waals surface area contributed by atoms with Crippen molar-refractivity contribution in [3.8, 4) is 5.75 Å². The van der Waals surface area contributed by atoms with Crippen molar-refractivity contribution >= 4 is 27.5 Å². The predicted molar refractivity (Wildman–Crippen MR) is 109 cm³/mol. The Morgan fingerprint density at radius 3 is 2.69 bits per heavy atom. The van der Waals surface area contributed by atoms with E-state index < -0.39 is 5.41 Å². The Balaban J connectivity index is 2.00. The lowest BCUT2D eigenvalue weighted by Crippen LogP contribution is -2.43. The van der Waals surface area contributed by atoms with Gasteiger partial charge in [-0.05, 0) is 48.2 Å². The van der Waals surface area contributed by atoms with Crippen molar-refractivity contribution < 1.29 is 9.53 Å². The second kappa shape index (κ2) is 7.80. The average molecular weight is 417 g/mol. The van der Waals surface area contributed by atoms with Gasteiger partial charge in [0.2, 0.25) is 5.91 Å². The standard InChI is InChI=1S/C21H25BrN2O2/c1-14(2)16-6-4-5-7-17(16)21(10-11-23-13-21)20(25)24-18-9-8-15(22)12-19(18)26-3/h4-9,12,14,23H,10-11,13H2,1-3H3,(H,24,25). The molecule has 1 heterocycles. The minimum Gasteiger partial charge on any atom is -0.495 e. The maximum atomic E-state index is 13.4. The number of rotatable bonds is 5. The molecule has 1 aliphatic heterocycles. The molecule has 2 aromatic rings. The van der Waals surface area contributed by atoms with Crippen LogP contribution in [0.2, 0.25) is 0 Å². The molecule has 138 valence electrons. The number of ether oxygens (including phenoxy) is 1. The minimum absolute atomic E-state index is 0.0104. The van der Waals surface area contributed by atoms with Crippen LogP contribution in [-0.2, 0) is 10.2 Å². The molecule has 0 aliphatic carbocycles. The van der Waals surface area contributed by atoms with Crippen LogP contribution in [0.4, 0.5) is 5.69 Å². The van der Waals surface area contributed by atoms with Crippen molar-refractivity contribution in [3.05, 3.63) is 58.1 Å². The number of anilines is 1. The summed E-state index contributed by atoms with van der Waals surface area (Å²) in [7, 11) is 1.61. The monoisotopic (exact) mass is 416 g/mol. The van der Waals surface area contributed by atoms with E-state index in [0.717, 1.165) is 23.0 Å². The van der Waals surface area contributed by atoms with Crippen molar-refractivity contribution in [2.24, 2.45) is 0 Å². The number of methoxy groups -OCH3 is 1. The van der Waals surface area contributed by atoms with Crippen LogP contribution in [0.1, 0.15) is 37.3 Å². The molecule has 1 fully saturated rings. The van der Waals surface area contributed by atoms with Gasteiger partial charge in [-0.25, -0.2) is 0 Å². The van der Waals surface area contributed by atoms with E-state index in [1.165, 1.54) is 5.56 Å². The van der Waals surface area contributed by atoms with Crippen LogP contribution in [0.25, 0.3) is 0 Å². The molecule has 3 rings (SSSR count). The largest absolute Gasteiger partial charge is 0.495 e. The summed E-state index contributed by atoms with van der Waals surface area (Å²) in [4.78, 5) is 13.4. The second-order valence-corrected chi connectivity index (χ2v) is 7.97. The summed E-state index contributed by atoms with van der Waals surface area (Å²) >= 11 is 3.44. The van der Waals surface area contributed by atoms with Gasteiger partial charge in [-0.1, -0.05) is 54.0 Å².